The van der Waals surface area contributed by atoms with Crippen LogP contribution in [0, 0.1) is 11.7 Å². The van der Waals surface area contributed by atoms with Crippen LogP contribution in [0.4, 0.5) is 4.39 Å². The lowest BCUT2D eigenvalue weighted by atomic mass is 9.88. The van der Waals surface area contributed by atoms with E-state index < -0.39 is 0 Å². The lowest BCUT2D eigenvalue weighted by Gasteiger charge is -2.18. The van der Waals surface area contributed by atoms with E-state index >= 15 is 0 Å². The van der Waals surface area contributed by atoms with Crippen LogP contribution in [0.3, 0.4) is 0 Å². The highest BCUT2D eigenvalue weighted by Gasteiger charge is 2.24. The van der Waals surface area contributed by atoms with Crippen molar-refractivity contribution in [1.29, 1.82) is 0 Å². The Morgan fingerprint density at radius 2 is 2.00 bits per heavy atom. The number of hydrogen-bond acceptors (Lipinski definition) is 3. The molecular weight excluding hydrogens is 381 g/mol. The maximum Gasteiger partial charge on any atom is 0.134 e. The van der Waals surface area contributed by atoms with Gasteiger partial charge in [-0.15, -0.1) is 23.7 Å². The number of nitrogens with zero attached hydrogens (tertiary/aromatic N) is 1. The second-order valence-corrected chi connectivity index (χ2v) is 8.13. The van der Waals surface area contributed by atoms with E-state index in [1.165, 1.54) is 28.3 Å². The molecule has 1 atom stereocenters. The van der Waals surface area contributed by atoms with Gasteiger partial charge in [0.15, 0.2) is 0 Å². The molecule has 1 unspecified atom stereocenters. The monoisotopic (exact) mass is 399 g/mol. The molecule has 0 amide bonds. The number of rotatable bonds is 2. The predicted octanol–water partition coefficient (Wildman–Crippen LogP) is 6.91. The zero-order chi connectivity index (χ0) is 17.7. The van der Waals surface area contributed by atoms with Gasteiger partial charge in [-0.3, -0.25) is 0 Å². The first-order chi connectivity index (χ1) is 12.7. The Kier molecular flexibility index (Phi) is 4.79. The average molecular weight is 400 g/mol. The van der Waals surface area contributed by atoms with Crippen LogP contribution in [-0.4, -0.2) is 4.98 Å². The fraction of sp³-hybridized carbons (Fsp3) is 0.227. The molecule has 3 aromatic heterocycles. The summed E-state index contributed by atoms with van der Waals surface area (Å²) in [5, 5.41) is 1.19. The highest BCUT2D eigenvalue weighted by atomic mass is 35.5. The summed E-state index contributed by atoms with van der Waals surface area (Å²) in [7, 11) is 0. The SMILES string of the molecule is CC1CCc2c(sc3nc(-c4ccccc4F)cc(-c4ccco4)c23)C1.Cl. The number of pyridine rings is 1. The van der Waals surface area contributed by atoms with Gasteiger partial charge in [0.25, 0.3) is 0 Å². The summed E-state index contributed by atoms with van der Waals surface area (Å²) in [6.07, 6.45) is 5.06. The maximum absolute atomic E-state index is 14.4. The third kappa shape index (κ3) is 3.07. The van der Waals surface area contributed by atoms with E-state index in [-0.39, 0.29) is 18.2 Å². The fourth-order valence-corrected chi connectivity index (χ4v) is 5.28. The topological polar surface area (TPSA) is 26.0 Å². The van der Waals surface area contributed by atoms with Crippen molar-refractivity contribution in [2.24, 2.45) is 5.92 Å². The summed E-state index contributed by atoms with van der Waals surface area (Å²) in [6.45, 7) is 2.30. The summed E-state index contributed by atoms with van der Waals surface area (Å²) in [5.74, 6) is 1.27. The van der Waals surface area contributed by atoms with Crippen molar-refractivity contribution in [1.82, 2.24) is 4.98 Å². The lowest BCUT2D eigenvalue weighted by Crippen LogP contribution is -2.08. The minimum absolute atomic E-state index is 0. The highest BCUT2D eigenvalue weighted by Crippen LogP contribution is 2.43. The van der Waals surface area contributed by atoms with E-state index in [4.69, 9.17) is 9.40 Å². The van der Waals surface area contributed by atoms with Crippen molar-refractivity contribution in [2.75, 3.05) is 0 Å². The first-order valence-corrected chi connectivity index (χ1v) is 9.76. The van der Waals surface area contributed by atoms with Crippen molar-refractivity contribution in [3.63, 3.8) is 0 Å². The van der Waals surface area contributed by atoms with E-state index in [9.17, 15) is 4.39 Å². The van der Waals surface area contributed by atoms with Gasteiger partial charge in [0.05, 0.1) is 12.0 Å². The predicted molar refractivity (Wildman–Crippen MR) is 111 cm³/mol. The molecule has 0 N–H and O–H groups in total. The minimum Gasteiger partial charge on any atom is -0.464 e. The molecule has 27 heavy (non-hydrogen) atoms. The average Bonchev–Trinajstić information content (AvgIpc) is 3.28. The Balaban J connectivity index is 0.00000180. The van der Waals surface area contributed by atoms with Crippen molar-refractivity contribution < 1.29 is 8.81 Å². The molecule has 4 aromatic rings. The number of halogens is 2. The van der Waals surface area contributed by atoms with Gasteiger partial charge in [-0.2, -0.15) is 0 Å². The number of fused-ring (bicyclic) bond motifs is 3. The summed E-state index contributed by atoms with van der Waals surface area (Å²) >= 11 is 1.75. The van der Waals surface area contributed by atoms with Crippen LogP contribution < -0.4 is 0 Å². The van der Waals surface area contributed by atoms with E-state index in [0.29, 0.717) is 17.2 Å². The third-order valence-corrected chi connectivity index (χ3v) is 6.35. The zero-order valence-corrected chi connectivity index (χ0v) is 16.5. The number of thiophene rings is 1. The molecule has 0 fully saturated rings. The summed E-state index contributed by atoms with van der Waals surface area (Å²) < 4.78 is 20.1. The molecule has 0 spiro atoms. The Morgan fingerprint density at radius 3 is 2.78 bits per heavy atom. The maximum atomic E-state index is 14.4. The molecule has 1 aliphatic carbocycles. The number of aromatic nitrogens is 1. The van der Waals surface area contributed by atoms with Crippen LogP contribution in [0.15, 0.2) is 53.1 Å². The fourth-order valence-electron chi connectivity index (χ4n) is 3.88. The van der Waals surface area contributed by atoms with Crippen LogP contribution in [0.2, 0.25) is 0 Å². The van der Waals surface area contributed by atoms with Crippen LogP contribution in [0.1, 0.15) is 23.8 Å². The van der Waals surface area contributed by atoms with Crippen LogP contribution in [0.5, 0.6) is 0 Å². The standard InChI is InChI=1S/C22H18FNOS.ClH/c1-13-8-9-15-20(11-13)26-22-21(15)16(19-7-4-10-25-19)12-18(24-22)14-5-2-3-6-17(14)23;/h2-7,10,12-13H,8-9,11H2,1H3;1H. The molecule has 0 radical (unpaired) electrons. The molecule has 0 saturated carbocycles. The van der Waals surface area contributed by atoms with Crippen molar-refractivity contribution in [3.05, 3.63) is 65.0 Å². The van der Waals surface area contributed by atoms with Crippen molar-refractivity contribution in [2.45, 2.75) is 26.2 Å². The Hall–Kier alpha value is -2.17. The molecule has 2 nitrogen and oxygen atoms in total. The molecule has 0 aliphatic heterocycles. The largest absolute Gasteiger partial charge is 0.464 e. The van der Waals surface area contributed by atoms with Crippen molar-refractivity contribution >= 4 is 34.0 Å². The molecule has 0 bridgehead atoms. The van der Waals surface area contributed by atoms with Gasteiger partial charge in [0.2, 0.25) is 0 Å². The van der Waals surface area contributed by atoms with E-state index in [1.807, 2.05) is 24.3 Å². The third-order valence-electron chi connectivity index (χ3n) is 5.20. The van der Waals surface area contributed by atoms with Crippen LogP contribution in [0.25, 0.3) is 32.8 Å². The number of furan rings is 1. The summed E-state index contributed by atoms with van der Waals surface area (Å²) in [6, 6.07) is 12.7. The lowest BCUT2D eigenvalue weighted by molar-refractivity contribution is 0.509. The second-order valence-electron chi connectivity index (χ2n) is 7.04. The molecular formula is C22H19ClFNOS. The van der Waals surface area contributed by atoms with Crippen molar-refractivity contribution in [3.8, 4) is 22.6 Å². The minimum atomic E-state index is -0.250. The molecule has 5 rings (SSSR count). The molecule has 138 valence electrons. The van der Waals surface area contributed by atoms with Gasteiger partial charge in [-0.1, -0.05) is 19.1 Å². The number of hydrogen-bond donors (Lipinski definition) is 0. The van der Waals surface area contributed by atoms with E-state index in [0.717, 1.165) is 29.0 Å². The van der Waals surface area contributed by atoms with E-state index in [2.05, 4.69) is 6.92 Å². The second kappa shape index (κ2) is 7.10. The molecule has 0 saturated heterocycles. The summed E-state index contributed by atoms with van der Waals surface area (Å²) in [5.41, 5.74) is 3.61. The van der Waals surface area contributed by atoms with Gasteiger partial charge < -0.3 is 4.42 Å². The quantitative estimate of drug-likeness (QED) is 0.366. The number of aryl methyl sites for hydroxylation is 1. The van der Waals surface area contributed by atoms with Gasteiger partial charge in [0.1, 0.15) is 16.4 Å². The molecule has 1 aromatic carbocycles. The smallest absolute Gasteiger partial charge is 0.134 e. The zero-order valence-electron chi connectivity index (χ0n) is 14.9. The van der Waals surface area contributed by atoms with Gasteiger partial charge >= 0.3 is 0 Å². The molecule has 1 aliphatic rings. The molecule has 5 heteroatoms. The Bertz CT molecular complexity index is 1100. The van der Waals surface area contributed by atoms with Crippen LogP contribution >= 0.6 is 23.7 Å². The normalized spacial score (nSPS) is 16.1. The first kappa shape index (κ1) is 18.2. The number of benzene rings is 1. The van der Waals surface area contributed by atoms with E-state index in [1.54, 1.807) is 29.7 Å². The Labute approximate surface area is 167 Å². The first-order valence-electron chi connectivity index (χ1n) is 8.95. The van der Waals surface area contributed by atoms with Gasteiger partial charge in [-0.05, 0) is 61.1 Å². The summed E-state index contributed by atoms with van der Waals surface area (Å²) in [4.78, 5) is 7.25. The molecule has 3 heterocycles. The highest BCUT2D eigenvalue weighted by molar-refractivity contribution is 7.19. The van der Waals surface area contributed by atoms with Gasteiger partial charge in [-0.25, -0.2) is 9.37 Å². The van der Waals surface area contributed by atoms with Gasteiger partial charge in [0, 0.05) is 21.4 Å². The van der Waals surface area contributed by atoms with Crippen LogP contribution in [-0.2, 0) is 12.8 Å². The Morgan fingerprint density at radius 1 is 1.15 bits per heavy atom.